The average molecular weight is 199 g/mol. The molecule has 64 valence electrons. The summed E-state index contributed by atoms with van der Waals surface area (Å²) < 4.78 is 5.07. The number of unbranched alkanes of at least 4 members (excludes halogenated alkanes) is 1. The molecule has 0 radical (unpaired) electrons. The van der Waals surface area contributed by atoms with Gasteiger partial charge in [-0.15, -0.1) is 0 Å². The van der Waals surface area contributed by atoms with Gasteiger partial charge in [0.05, 0.1) is 6.07 Å². The fourth-order valence-corrected chi connectivity index (χ4v) is 2.30. The molecule has 0 saturated carbocycles. The zero-order chi connectivity index (χ0) is 8.81. The van der Waals surface area contributed by atoms with E-state index in [-0.39, 0.29) is 0 Å². The molecule has 0 aliphatic carbocycles. The Bertz CT molecular complexity index is 276. The van der Waals surface area contributed by atoms with Crippen LogP contribution in [0, 0.1) is 18.3 Å². The van der Waals surface area contributed by atoms with Crippen LogP contribution in [0.3, 0.4) is 0 Å². The minimum absolute atomic E-state index is 0.630. The van der Waals surface area contributed by atoms with E-state index >= 15 is 0 Å². The maximum Gasteiger partial charge on any atom is 0.170 e. The van der Waals surface area contributed by atoms with E-state index in [0.717, 1.165) is 22.3 Å². The van der Waals surface area contributed by atoms with Gasteiger partial charge in [-0.25, -0.2) is 4.98 Å². The fourth-order valence-electron chi connectivity index (χ4n) is 0.647. The van der Waals surface area contributed by atoms with Gasteiger partial charge in [0.1, 0.15) is 5.82 Å². The van der Waals surface area contributed by atoms with Crippen molar-refractivity contribution in [3.63, 3.8) is 0 Å². The van der Waals surface area contributed by atoms with Gasteiger partial charge in [-0.3, -0.25) is 0 Å². The zero-order valence-electron chi connectivity index (χ0n) is 6.78. The molecule has 0 aliphatic heterocycles. The van der Waals surface area contributed by atoms with E-state index in [1.54, 1.807) is 11.8 Å². The second kappa shape index (κ2) is 5.12. The number of aromatic nitrogens is 2. The van der Waals surface area contributed by atoms with E-state index in [9.17, 15) is 0 Å². The van der Waals surface area contributed by atoms with Gasteiger partial charge >= 0.3 is 0 Å². The highest BCUT2D eigenvalue weighted by molar-refractivity contribution is 8.00. The quantitative estimate of drug-likeness (QED) is 0.551. The van der Waals surface area contributed by atoms with Crippen molar-refractivity contribution in [1.29, 1.82) is 5.26 Å². The Morgan fingerprint density at radius 1 is 1.67 bits per heavy atom. The molecule has 1 aromatic heterocycles. The predicted molar refractivity (Wildman–Crippen MR) is 50.2 cm³/mol. The Balaban J connectivity index is 2.21. The van der Waals surface area contributed by atoms with Crippen molar-refractivity contribution in [2.24, 2.45) is 0 Å². The van der Waals surface area contributed by atoms with Gasteiger partial charge in [0.2, 0.25) is 0 Å². The third-order valence-electron chi connectivity index (χ3n) is 1.17. The molecule has 1 aromatic rings. The van der Waals surface area contributed by atoms with Crippen LogP contribution in [0.25, 0.3) is 0 Å². The summed E-state index contributed by atoms with van der Waals surface area (Å²) in [7, 11) is 0. The van der Waals surface area contributed by atoms with Crippen molar-refractivity contribution in [2.45, 2.75) is 24.1 Å². The summed E-state index contributed by atoms with van der Waals surface area (Å²) in [6.45, 7) is 1.88. The van der Waals surface area contributed by atoms with E-state index in [0.29, 0.717) is 6.42 Å². The molecule has 0 saturated heterocycles. The highest BCUT2D eigenvalue weighted by Gasteiger charge is 1.99. The van der Waals surface area contributed by atoms with Crippen molar-refractivity contribution in [1.82, 2.24) is 9.36 Å². The molecular formula is C7H9N3S2. The van der Waals surface area contributed by atoms with Crippen LogP contribution in [-0.4, -0.2) is 15.1 Å². The first-order valence-corrected chi connectivity index (χ1v) is 5.39. The van der Waals surface area contributed by atoms with Crippen LogP contribution in [0.2, 0.25) is 0 Å². The van der Waals surface area contributed by atoms with Crippen molar-refractivity contribution in [3.05, 3.63) is 5.82 Å². The van der Waals surface area contributed by atoms with Crippen LogP contribution >= 0.6 is 23.3 Å². The molecule has 0 atom stereocenters. The van der Waals surface area contributed by atoms with Crippen molar-refractivity contribution in [2.75, 3.05) is 5.75 Å². The molecule has 1 rings (SSSR count). The third-order valence-corrected chi connectivity index (χ3v) is 3.18. The highest BCUT2D eigenvalue weighted by atomic mass is 32.2. The average Bonchev–Trinajstić information content (AvgIpc) is 2.45. The lowest BCUT2D eigenvalue weighted by Gasteiger charge is -1.90. The topological polar surface area (TPSA) is 49.6 Å². The van der Waals surface area contributed by atoms with E-state index in [1.807, 2.05) is 6.92 Å². The number of nitrogens with zero attached hydrogens (tertiary/aromatic N) is 3. The highest BCUT2D eigenvalue weighted by Crippen LogP contribution is 2.20. The summed E-state index contributed by atoms with van der Waals surface area (Å²) in [6, 6.07) is 2.11. The Morgan fingerprint density at radius 3 is 3.08 bits per heavy atom. The number of hydrogen-bond acceptors (Lipinski definition) is 5. The lowest BCUT2D eigenvalue weighted by Crippen LogP contribution is -1.78. The molecule has 0 aliphatic rings. The molecule has 0 unspecified atom stereocenters. The van der Waals surface area contributed by atoms with Crippen molar-refractivity contribution < 1.29 is 0 Å². The second-order valence-corrected chi connectivity index (χ2v) is 4.31. The van der Waals surface area contributed by atoms with Gasteiger partial charge in [-0.2, -0.15) is 9.64 Å². The van der Waals surface area contributed by atoms with Crippen LogP contribution in [0.4, 0.5) is 0 Å². The monoisotopic (exact) mass is 199 g/mol. The van der Waals surface area contributed by atoms with Crippen LogP contribution in [0.5, 0.6) is 0 Å². The van der Waals surface area contributed by atoms with Gasteiger partial charge < -0.3 is 0 Å². The Labute approximate surface area is 80.0 Å². The molecular weight excluding hydrogens is 190 g/mol. The number of rotatable bonds is 4. The molecule has 5 heteroatoms. The van der Waals surface area contributed by atoms with Crippen LogP contribution < -0.4 is 0 Å². The van der Waals surface area contributed by atoms with Gasteiger partial charge in [0, 0.05) is 12.2 Å². The number of hydrogen-bond donors (Lipinski definition) is 0. The number of thioether (sulfide) groups is 1. The van der Waals surface area contributed by atoms with Crippen molar-refractivity contribution >= 4 is 23.3 Å². The summed E-state index contributed by atoms with van der Waals surface area (Å²) >= 11 is 3.10. The molecule has 12 heavy (non-hydrogen) atoms. The summed E-state index contributed by atoms with van der Waals surface area (Å²) in [5, 5.41) is 8.28. The molecule has 0 fully saturated rings. The molecule has 0 aromatic carbocycles. The third kappa shape index (κ3) is 3.20. The predicted octanol–water partition coefficient (Wildman–Crippen LogP) is 2.24. The molecule has 0 bridgehead atoms. The minimum Gasteiger partial charge on any atom is -0.213 e. The van der Waals surface area contributed by atoms with Gasteiger partial charge in [-0.05, 0) is 24.9 Å². The molecule has 0 N–H and O–H groups in total. The first kappa shape index (κ1) is 9.49. The summed E-state index contributed by atoms with van der Waals surface area (Å²) in [6.07, 6.45) is 1.56. The zero-order valence-corrected chi connectivity index (χ0v) is 8.41. The van der Waals surface area contributed by atoms with Crippen molar-refractivity contribution in [3.8, 4) is 6.07 Å². The molecule has 0 spiro atoms. The molecule has 0 amide bonds. The standard InChI is InChI=1S/C7H9N3S2/c1-6-9-7(12-10-6)11-5-3-2-4-8/h2-3,5H2,1H3. The first-order chi connectivity index (χ1) is 5.83. The largest absolute Gasteiger partial charge is 0.213 e. The first-order valence-electron chi connectivity index (χ1n) is 3.63. The Morgan fingerprint density at radius 2 is 2.50 bits per heavy atom. The van der Waals surface area contributed by atoms with Gasteiger partial charge in [0.15, 0.2) is 4.34 Å². The summed E-state index contributed by atoms with van der Waals surface area (Å²) in [5.74, 6) is 1.80. The smallest absolute Gasteiger partial charge is 0.170 e. The van der Waals surface area contributed by atoms with E-state index in [1.165, 1.54) is 11.5 Å². The van der Waals surface area contributed by atoms with Gasteiger partial charge in [0.25, 0.3) is 0 Å². The lowest BCUT2D eigenvalue weighted by molar-refractivity contribution is 0.979. The maximum absolute atomic E-state index is 8.28. The minimum atomic E-state index is 0.630. The molecule has 3 nitrogen and oxygen atoms in total. The Hall–Kier alpha value is -0.600. The number of nitriles is 1. The lowest BCUT2D eigenvalue weighted by atomic mass is 10.4. The maximum atomic E-state index is 8.28. The fraction of sp³-hybridized carbons (Fsp3) is 0.571. The van der Waals surface area contributed by atoms with Crippen LogP contribution in [0.15, 0.2) is 4.34 Å². The SMILES string of the molecule is Cc1nsc(SCCCC#N)n1. The van der Waals surface area contributed by atoms with E-state index in [4.69, 9.17) is 5.26 Å². The summed E-state index contributed by atoms with van der Waals surface area (Å²) in [5.41, 5.74) is 0. The Kier molecular flexibility index (Phi) is 4.05. The summed E-state index contributed by atoms with van der Waals surface area (Å²) in [4.78, 5) is 4.20. The normalized spacial score (nSPS) is 9.67. The number of aryl methyl sites for hydroxylation is 1. The second-order valence-electron chi connectivity index (χ2n) is 2.22. The van der Waals surface area contributed by atoms with E-state index < -0.39 is 0 Å². The van der Waals surface area contributed by atoms with Crippen LogP contribution in [0.1, 0.15) is 18.7 Å². The van der Waals surface area contributed by atoms with Gasteiger partial charge in [-0.1, -0.05) is 11.8 Å². The molecule has 1 heterocycles. The van der Waals surface area contributed by atoms with E-state index in [2.05, 4.69) is 15.4 Å². The van der Waals surface area contributed by atoms with Crippen LogP contribution in [-0.2, 0) is 0 Å².